The molecule has 0 saturated heterocycles. The molecule has 22 heavy (non-hydrogen) atoms. The molecule has 2 N–H and O–H groups in total. The van der Waals surface area contributed by atoms with E-state index in [1.54, 1.807) is 6.07 Å². The van der Waals surface area contributed by atoms with E-state index >= 15 is 0 Å². The van der Waals surface area contributed by atoms with Crippen LogP contribution in [0.1, 0.15) is 11.1 Å². The van der Waals surface area contributed by atoms with E-state index in [4.69, 9.17) is 0 Å². The first-order chi connectivity index (χ1) is 10.6. The Balaban J connectivity index is 1.65. The fourth-order valence-corrected chi connectivity index (χ4v) is 2.94. The molecule has 1 aromatic heterocycles. The molecule has 112 valence electrons. The minimum atomic E-state index is -0.324. The van der Waals surface area contributed by atoms with E-state index in [1.807, 2.05) is 30.5 Å². The van der Waals surface area contributed by atoms with Crippen molar-refractivity contribution in [3.05, 3.63) is 70.1 Å². The molecule has 3 rings (SSSR count). The van der Waals surface area contributed by atoms with Gasteiger partial charge in [0.15, 0.2) is 0 Å². The van der Waals surface area contributed by atoms with Gasteiger partial charge in [0.05, 0.1) is 6.42 Å². The monoisotopic (exact) mass is 360 g/mol. The number of amides is 1. The van der Waals surface area contributed by atoms with Crippen molar-refractivity contribution in [2.45, 2.75) is 13.0 Å². The van der Waals surface area contributed by atoms with Gasteiger partial charge in [-0.25, -0.2) is 4.39 Å². The predicted octanol–water partition coefficient (Wildman–Crippen LogP) is 3.93. The number of carbonyl (C=O) groups is 1. The minimum absolute atomic E-state index is 0.0925. The van der Waals surface area contributed by atoms with Crippen LogP contribution in [0.25, 0.3) is 10.9 Å². The molecular weight excluding hydrogens is 347 g/mol. The fourth-order valence-electron chi connectivity index (χ4n) is 2.43. The molecule has 0 spiro atoms. The molecule has 3 nitrogen and oxygen atoms in total. The summed E-state index contributed by atoms with van der Waals surface area (Å²) in [7, 11) is 0. The van der Waals surface area contributed by atoms with Crippen LogP contribution in [0.2, 0.25) is 0 Å². The molecule has 0 unspecified atom stereocenters. The summed E-state index contributed by atoms with van der Waals surface area (Å²) < 4.78 is 13.9. The van der Waals surface area contributed by atoms with E-state index in [-0.39, 0.29) is 11.7 Å². The number of H-pyrrole nitrogens is 1. The molecule has 0 bridgehead atoms. The first-order valence-electron chi connectivity index (χ1n) is 6.88. The lowest BCUT2D eigenvalue weighted by Crippen LogP contribution is -2.24. The molecule has 0 fully saturated rings. The summed E-state index contributed by atoms with van der Waals surface area (Å²) in [6.45, 7) is 0.303. The van der Waals surface area contributed by atoms with Crippen LogP contribution in [0.5, 0.6) is 0 Å². The van der Waals surface area contributed by atoms with E-state index < -0.39 is 0 Å². The van der Waals surface area contributed by atoms with Gasteiger partial charge in [-0.2, -0.15) is 0 Å². The largest absolute Gasteiger partial charge is 0.361 e. The first-order valence-corrected chi connectivity index (χ1v) is 7.68. The summed E-state index contributed by atoms with van der Waals surface area (Å²) in [6.07, 6.45) is 2.14. The van der Waals surface area contributed by atoms with Crippen molar-refractivity contribution < 1.29 is 9.18 Å². The van der Waals surface area contributed by atoms with Crippen LogP contribution in [-0.2, 0) is 17.8 Å². The molecule has 0 aliphatic rings. The Morgan fingerprint density at radius 2 is 2.05 bits per heavy atom. The van der Waals surface area contributed by atoms with Gasteiger partial charge < -0.3 is 10.3 Å². The van der Waals surface area contributed by atoms with Crippen molar-refractivity contribution in [2.75, 3.05) is 0 Å². The third kappa shape index (κ3) is 3.36. The Hall–Kier alpha value is -2.14. The van der Waals surface area contributed by atoms with Crippen LogP contribution in [0.4, 0.5) is 4.39 Å². The molecule has 1 amide bonds. The molecule has 5 heteroatoms. The summed E-state index contributed by atoms with van der Waals surface area (Å²) >= 11 is 3.24. The quantitative estimate of drug-likeness (QED) is 0.727. The zero-order valence-electron chi connectivity index (χ0n) is 11.7. The highest BCUT2D eigenvalue weighted by Crippen LogP contribution is 2.18. The Morgan fingerprint density at radius 3 is 2.86 bits per heavy atom. The van der Waals surface area contributed by atoms with Crippen molar-refractivity contribution in [3.63, 3.8) is 0 Å². The van der Waals surface area contributed by atoms with Gasteiger partial charge in [0, 0.05) is 28.1 Å². The molecule has 0 atom stereocenters. The summed E-state index contributed by atoms with van der Waals surface area (Å²) in [6, 6.07) is 12.4. The van der Waals surface area contributed by atoms with Crippen LogP contribution in [0.3, 0.4) is 0 Å². The second-order valence-electron chi connectivity index (χ2n) is 5.09. The zero-order chi connectivity index (χ0) is 15.5. The van der Waals surface area contributed by atoms with Gasteiger partial charge in [-0.15, -0.1) is 0 Å². The highest BCUT2D eigenvalue weighted by Gasteiger charge is 2.08. The maximum absolute atomic E-state index is 13.3. The molecular formula is C17H14BrFN2O. The number of hydrogen-bond acceptors (Lipinski definition) is 1. The van der Waals surface area contributed by atoms with Crippen molar-refractivity contribution in [3.8, 4) is 0 Å². The molecule has 3 aromatic rings. The molecule has 2 aromatic carbocycles. The minimum Gasteiger partial charge on any atom is -0.361 e. The number of halogens is 2. The molecule has 1 heterocycles. The van der Waals surface area contributed by atoms with E-state index in [2.05, 4.69) is 26.2 Å². The Bertz CT molecular complexity index is 808. The second-order valence-corrected chi connectivity index (χ2v) is 6.01. The van der Waals surface area contributed by atoms with Crippen molar-refractivity contribution >= 4 is 32.7 Å². The van der Waals surface area contributed by atoms with Gasteiger partial charge >= 0.3 is 0 Å². The van der Waals surface area contributed by atoms with Crippen molar-refractivity contribution in [1.29, 1.82) is 0 Å². The number of para-hydroxylation sites is 1. The topological polar surface area (TPSA) is 44.9 Å². The van der Waals surface area contributed by atoms with E-state index in [0.717, 1.165) is 22.0 Å². The number of aromatic amines is 1. The molecule has 0 aliphatic carbocycles. The Morgan fingerprint density at radius 1 is 1.23 bits per heavy atom. The highest BCUT2D eigenvalue weighted by molar-refractivity contribution is 9.10. The smallest absolute Gasteiger partial charge is 0.224 e. The van der Waals surface area contributed by atoms with Crippen LogP contribution < -0.4 is 5.32 Å². The van der Waals surface area contributed by atoms with Gasteiger partial charge in [-0.3, -0.25) is 4.79 Å². The average molecular weight is 361 g/mol. The van der Waals surface area contributed by atoms with Crippen LogP contribution in [-0.4, -0.2) is 10.9 Å². The van der Waals surface area contributed by atoms with Crippen molar-refractivity contribution in [2.24, 2.45) is 0 Å². The van der Waals surface area contributed by atoms with E-state index in [0.29, 0.717) is 17.4 Å². The SMILES string of the molecule is O=C(Cc1c[nH]c2ccccc12)NCc1cc(F)cc(Br)c1. The summed E-state index contributed by atoms with van der Waals surface area (Å²) in [5.74, 6) is -0.416. The van der Waals surface area contributed by atoms with Gasteiger partial charge in [0.25, 0.3) is 0 Å². The van der Waals surface area contributed by atoms with E-state index in [1.165, 1.54) is 12.1 Å². The predicted molar refractivity (Wildman–Crippen MR) is 87.9 cm³/mol. The lowest BCUT2D eigenvalue weighted by atomic mass is 10.1. The van der Waals surface area contributed by atoms with Gasteiger partial charge in [-0.1, -0.05) is 34.1 Å². The third-order valence-corrected chi connectivity index (χ3v) is 3.90. The maximum Gasteiger partial charge on any atom is 0.224 e. The maximum atomic E-state index is 13.3. The van der Waals surface area contributed by atoms with Gasteiger partial charge in [0.2, 0.25) is 5.91 Å². The number of nitrogens with one attached hydrogen (secondary N) is 2. The number of hydrogen-bond donors (Lipinski definition) is 2. The number of rotatable bonds is 4. The van der Waals surface area contributed by atoms with Crippen LogP contribution in [0.15, 0.2) is 53.1 Å². The molecule has 0 radical (unpaired) electrons. The summed E-state index contributed by atoms with van der Waals surface area (Å²) in [5, 5.41) is 3.86. The lowest BCUT2D eigenvalue weighted by molar-refractivity contribution is -0.120. The number of carbonyl (C=O) groups excluding carboxylic acids is 1. The summed E-state index contributed by atoms with van der Waals surface area (Å²) in [4.78, 5) is 15.2. The second kappa shape index (κ2) is 6.32. The van der Waals surface area contributed by atoms with Crippen LogP contribution >= 0.6 is 15.9 Å². The number of benzene rings is 2. The number of fused-ring (bicyclic) bond motifs is 1. The van der Waals surface area contributed by atoms with Gasteiger partial charge in [0.1, 0.15) is 5.82 Å². The molecule has 0 saturated carbocycles. The van der Waals surface area contributed by atoms with Gasteiger partial charge in [-0.05, 0) is 35.4 Å². The Kier molecular flexibility index (Phi) is 4.24. The normalized spacial score (nSPS) is 10.8. The Labute approximate surface area is 135 Å². The van der Waals surface area contributed by atoms with Crippen molar-refractivity contribution in [1.82, 2.24) is 10.3 Å². The molecule has 0 aliphatic heterocycles. The first kappa shape index (κ1) is 14.8. The van der Waals surface area contributed by atoms with Crippen LogP contribution in [0, 0.1) is 5.82 Å². The standard InChI is InChI=1S/C17H14BrFN2O/c18-13-5-11(6-14(19)8-13)9-21-17(22)7-12-10-20-16-4-2-1-3-15(12)16/h1-6,8,10,20H,7,9H2,(H,21,22). The highest BCUT2D eigenvalue weighted by atomic mass is 79.9. The fraction of sp³-hybridized carbons (Fsp3) is 0.118. The zero-order valence-corrected chi connectivity index (χ0v) is 13.3. The summed E-state index contributed by atoms with van der Waals surface area (Å²) in [5.41, 5.74) is 2.69. The number of aromatic nitrogens is 1. The lowest BCUT2D eigenvalue weighted by Gasteiger charge is -2.06. The average Bonchev–Trinajstić information content (AvgIpc) is 2.88. The van der Waals surface area contributed by atoms with E-state index in [9.17, 15) is 9.18 Å². The third-order valence-electron chi connectivity index (χ3n) is 3.44.